The second-order valence-electron chi connectivity index (χ2n) is 8.07. The summed E-state index contributed by atoms with van der Waals surface area (Å²) in [5, 5.41) is 5.30. The molecule has 1 atom stereocenters. The van der Waals surface area contributed by atoms with E-state index in [2.05, 4.69) is 37.0 Å². The Kier molecular flexibility index (Phi) is 5.08. The van der Waals surface area contributed by atoms with E-state index in [-0.39, 0.29) is 11.9 Å². The topological polar surface area (TPSA) is 70.4 Å². The van der Waals surface area contributed by atoms with Crippen molar-refractivity contribution >= 4 is 22.8 Å². The van der Waals surface area contributed by atoms with Gasteiger partial charge >= 0.3 is 0 Å². The first-order chi connectivity index (χ1) is 14.7. The van der Waals surface area contributed by atoms with E-state index in [9.17, 15) is 4.79 Å². The molecule has 2 aromatic heterocycles. The van der Waals surface area contributed by atoms with E-state index in [0.717, 1.165) is 74.5 Å². The van der Waals surface area contributed by atoms with Crippen LogP contribution in [-0.2, 0) is 11.8 Å². The van der Waals surface area contributed by atoms with Gasteiger partial charge in [0.25, 0.3) is 0 Å². The molecule has 30 heavy (non-hydrogen) atoms. The Hall–Kier alpha value is -3.00. The van der Waals surface area contributed by atoms with Gasteiger partial charge in [-0.25, -0.2) is 9.97 Å². The number of likely N-dealkylation sites (tertiary alicyclic amines) is 1. The molecule has 2 aliphatic rings. The summed E-state index contributed by atoms with van der Waals surface area (Å²) < 4.78 is 1.77. The van der Waals surface area contributed by atoms with Crippen molar-refractivity contribution in [1.82, 2.24) is 29.5 Å². The second-order valence-corrected chi connectivity index (χ2v) is 8.07. The van der Waals surface area contributed by atoms with E-state index >= 15 is 0 Å². The summed E-state index contributed by atoms with van der Waals surface area (Å²) in [6.45, 7) is 5.01. The quantitative estimate of drug-likeness (QED) is 0.660. The third-order valence-corrected chi connectivity index (χ3v) is 6.25. The number of nitrogens with zero attached hydrogens (tertiary/aromatic N) is 7. The van der Waals surface area contributed by atoms with Crippen LogP contribution >= 0.6 is 0 Å². The van der Waals surface area contributed by atoms with Gasteiger partial charge in [-0.3, -0.25) is 14.4 Å². The Morgan fingerprint density at radius 3 is 2.43 bits per heavy atom. The van der Waals surface area contributed by atoms with Crippen LogP contribution in [0, 0.1) is 0 Å². The number of aryl methyl sites for hydroxylation is 1. The smallest absolute Gasteiger partial charge is 0.244 e. The zero-order valence-corrected chi connectivity index (χ0v) is 17.3. The molecule has 0 N–H and O–H groups in total. The average molecular weight is 406 g/mol. The predicted molar refractivity (Wildman–Crippen MR) is 115 cm³/mol. The number of hydrogen-bond donors (Lipinski definition) is 0. The van der Waals surface area contributed by atoms with Gasteiger partial charge in [0.15, 0.2) is 5.65 Å². The van der Waals surface area contributed by atoms with Crippen molar-refractivity contribution in [2.75, 3.05) is 44.2 Å². The number of anilines is 1. The Morgan fingerprint density at radius 1 is 0.967 bits per heavy atom. The summed E-state index contributed by atoms with van der Waals surface area (Å²) in [6.07, 6.45) is 5.65. The van der Waals surface area contributed by atoms with Gasteiger partial charge in [0.2, 0.25) is 5.91 Å². The van der Waals surface area contributed by atoms with Gasteiger partial charge in [0.05, 0.1) is 11.6 Å². The van der Waals surface area contributed by atoms with Crippen LogP contribution in [0.25, 0.3) is 11.0 Å². The first kappa shape index (κ1) is 19.0. The third-order valence-electron chi connectivity index (χ3n) is 6.25. The van der Waals surface area contributed by atoms with Crippen LogP contribution in [-0.4, -0.2) is 74.7 Å². The highest BCUT2D eigenvalue weighted by atomic mass is 16.2. The Labute approximate surface area is 176 Å². The van der Waals surface area contributed by atoms with E-state index in [4.69, 9.17) is 0 Å². The molecule has 156 valence electrons. The van der Waals surface area contributed by atoms with Gasteiger partial charge in [-0.05, 0) is 18.4 Å². The number of rotatable bonds is 4. The molecule has 0 aliphatic carbocycles. The van der Waals surface area contributed by atoms with Crippen molar-refractivity contribution in [2.45, 2.75) is 18.9 Å². The molecule has 8 nitrogen and oxygen atoms in total. The first-order valence-corrected chi connectivity index (χ1v) is 10.7. The highest BCUT2D eigenvalue weighted by Gasteiger charge is 2.34. The maximum atomic E-state index is 13.4. The summed E-state index contributed by atoms with van der Waals surface area (Å²) in [5.74, 6) is 1.17. The molecule has 1 aromatic carbocycles. The Bertz CT molecular complexity index is 1020. The minimum absolute atomic E-state index is 0.213. The molecule has 0 saturated carbocycles. The Morgan fingerprint density at radius 2 is 1.70 bits per heavy atom. The van der Waals surface area contributed by atoms with Crippen LogP contribution in [0.1, 0.15) is 24.4 Å². The fraction of sp³-hybridized carbons (Fsp3) is 0.455. The molecule has 3 aromatic rings. The maximum absolute atomic E-state index is 13.4. The molecule has 2 fully saturated rings. The van der Waals surface area contributed by atoms with Crippen LogP contribution in [0.2, 0.25) is 0 Å². The minimum atomic E-state index is -0.213. The summed E-state index contributed by atoms with van der Waals surface area (Å²) in [5.41, 5.74) is 1.92. The highest BCUT2D eigenvalue weighted by Crippen LogP contribution is 2.29. The van der Waals surface area contributed by atoms with Gasteiger partial charge < -0.3 is 9.80 Å². The van der Waals surface area contributed by atoms with Crippen molar-refractivity contribution in [3.8, 4) is 0 Å². The maximum Gasteiger partial charge on any atom is 0.244 e. The lowest BCUT2D eigenvalue weighted by Gasteiger charge is -2.40. The number of hydrogen-bond acceptors (Lipinski definition) is 6. The minimum Gasteiger partial charge on any atom is -0.353 e. The van der Waals surface area contributed by atoms with E-state index < -0.39 is 0 Å². The van der Waals surface area contributed by atoms with Crippen molar-refractivity contribution in [3.05, 3.63) is 48.4 Å². The summed E-state index contributed by atoms with van der Waals surface area (Å²) in [4.78, 5) is 28.9. The molecule has 5 rings (SSSR count). The molecule has 8 heteroatoms. The number of carbonyl (C=O) groups is 1. The van der Waals surface area contributed by atoms with Gasteiger partial charge in [0, 0.05) is 46.3 Å². The molecule has 0 bridgehead atoms. The second kappa shape index (κ2) is 8.02. The number of benzene rings is 1. The third kappa shape index (κ3) is 3.41. The lowest BCUT2D eigenvalue weighted by Crippen LogP contribution is -2.51. The van der Waals surface area contributed by atoms with Crippen LogP contribution < -0.4 is 4.90 Å². The number of fused-ring (bicyclic) bond motifs is 1. The molecule has 0 radical (unpaired) electrons. The van der Waals surface area contributed by atoms with E-state index in [1.165, 1.54) is 0 Å². The SMILES string of the molecule is Cn1ncc2c(N3CCN([C@H](C(=O)N4CCCC4)c4ccccc4)CC3)ncnc21. The van der Waals surface area contributed by atoms with Crippen LogP contribution in [0.3, 0.4) is 0 Å². The standard InChI is InChI=1S/C22H27N7O/c1-26-20-18(15-25-26)21(24-16-23-20)28-13-11-27(12-14-28)19(17-7-3-2-4-8-17)22(30)29-9-5-6-10-29/h2-4,7-8,15-16,19H,5-6,9-14H2,1H3/t19-/m0/s1. The fourth-order valence-corrected chi connectivity index (χ4v) is 4.65. The Balaban J connectivity index is 1.37. The van der Waals surface area contributed by atoms with Crippen molar-refractivity contribution < 1.29 is 4.79 Å². The molecule has 0 unspecified atom stereocenters. The van der Waals surface area contributed by atoms with Crippen LogP contribution in [0.15, 0.2) is 42.9 Å². The van der Waals surface area contributed by atoms with Crippen molar-refractivity contribution in [2.24, 2.45) is 7.05 Å². The average Bonchev–Trinajstić information content (AvgIpc) is 3.46. The summed E-state index contributed by atoms with van der Waals surface area (Å²) >= 11 is 0. The van der Waals surface area contributed by atoms with Gasteiger partial charge in [-0.2, -0.15) is 5.10 Å². The number of aromatic nitrogens is 4. The zero-order chi connectivity index (χ0) is 20.5. The number of carbonyl (C=O) groups excluding carboxylic acids is 1. The molecule has 1 amide bonds. The molecule has 4 heterocycles. The number of amides is 1. The zero-order valence-electron chi connectivity index (χ0n) is 17.3. The lowest BCUT2D eigenvalue weighted by molar-refractivity contribution is -0.136. The normalized spacial score (nSPS) is 18.8. The first-order valence-electron chi connectivity index (χ1n) is 10.7. The van der Waals surface area contributed by atoms with Crippen LogP contribution in [0.5, 0.6) is 0 Å². The lowest BCUT2D eigenvalue weighted by atomic mass is 10.0. The molecule has 0 spiro atoms. The van der Waals surface area contributed by atoms with Crippen molar-refractivity contribution in [1.29, 1.82) is 0 Å². The van der Waals surface area contributed by atoms with Crippen LogP contribution in [0.4, 0.5) is 5.82 Å². The summed E-state index contributed by atoms with van der Waals surface area (Å²) in [7, 11) is 1.89. The van der Waals surface area contributed by atoms with Gasteiger partial charge in [0.1, 0.15) is 18.2 Å². The van der Waals surface area contributed by atoms with Gasteiger partial charge in [-0.1, -0.05) is 30.3 Å². The van der Waals surface area contributed by atoms with E-state index in [0.29, 0.717) is 0 Å². The largest absolute Gasteiger partial charge is 0.353 e. The van der Waals surface area contributed by atoms with E-state index in [1.54, 1.807) is 11.0 Å². The fourth-order valence-electron chi connectivity index (χ4n) is 4.65. The number of piperazine rings is 1. The van der Waals surface area contributed by atoms with Crippen molar-refractivity contribution in [3.63, 3.8) is 0 Å². The summed E-state index contributed by atoms with van der Waals surface area (Å²) in [6, 6.07) is 10.00. The molecular weight excluding hydrogens is 378 g/mol. The molecule has 2 aliphatic heterocycles. The highest BCUT2D eigenvalue weighted by molar-refractivity contribution is 5.87. The monoisotopic (exact) mass is 405 g/mol. The molecule has 2 saturated heterocycles. The molecular formula is C22H27N7O. The predicted octanol–water partition coefficient (Wildman–Crippen LogP) is 1.85. The van der Waals surface area contributed by atoms with E-state index in [1.807, 2.05) is 36.3 Å². The van der Waals surface area contributed by atoms with Gasteiger partial charge in [-0.15, -0.1) is 0 Å².